The lowest BCUT2D eigenvalue weighted by Crippen LogP contribution is -2.55. The molecule has 0 bridgehead atoms. The normalized spacial score (nSPS) is 20.1. The number of likely N-dealkylation sites (tertiary alicyclic amines) is 1. The Morgan fingerprint density at radius 2 is 1.66 bits per heavy atom. The Balaban J connectivity index is 1.65. The number of hydrogen-bond acceptors (Lipinski definition) is 8. The van der Waals surface area contributed by atoms with Crippen molar-refractivity contribution in [3.63, 3.8) is 0 Å². The molecule has 3 aromatic carbocycles. The molecule has 0 saturated carbocycles. The van der Waals surface area contributed by atoms with Crippen LogP contribution in [0.3, 0.4) is 0 Å². The van der Waals surface area contributed by atoms with Gasteiger partial charge in [0.25, 0.3) is 0 Å². The molecule has 222 valence electrons. The van der Waals surface area contributed by atoms with Crippen LogP contribution in [-0.2, 0) is 25.6 Å². The van der Waals surface area contributed by atoms with Crippen molar-refractivity contribution >= 4 is 16.9 Å². The van der Waals surface area contributed by atoms with Crippen LogP contribution in [0.25, 0.3) is 10.8 Å². The third kappa shape index (κ3) is 8.10. The number of benzene rings is 3. The van der Waals surface area contributed by atoms with E-state index in [1.54, 1.807) is 24.1 Å². The second-order valence-corrected chi connectivity index (χ2v) is 11.4. The quantitative estimate of drug-likeness (QED) is 0.358. The molecule has 9 nitrogen and oxygen atoms in total. The first-order valence-electron chi connectivity index (χ1n) is 13.8. The van der Waals surface area contributed by atoms with Gasteiger partial charge >= 0.3 is 6.09 Å². The zero-order chi connectivity index (χ0) is 29.6. The standard InChI is InChI=1S/C32H41NO8/c1-32(2,3)41-31(36)33-16-28(39-18-21-14-23-8-6-7-9-26(23)27(15-21)38-5)30(22-10-12-24(34)13-11-22)29(17-33)40-20-25(35)19-37-4/h6-15,25,28-30,34-35H,16-20H2,1-5H3/t25-,28+,29-,30-/m1/s1. The van der Waals surface area contributed by atoms with Crippen molar-refractivity contribution in [2.75, 3.05) is 40.5 Å². The molecular formula is C32H41NO8. The fourth-order valence-electron chi connectivity index (χ4n) is 5.16. The molecule has 41 heavy (non-hydrogen) atoms. The summed E-state index contributed by atoms with van der Waals surface area (Å²) in [5.41, 5.74) is 1.14. The number of aromatic hydroxyl groups is 1. The molecule has 1 aliphatic rings. The molecule has 9 heteroatoms. The highest BCUT2D eigenvalue weighted by Gasteiger charge is 2.42. The molecule has 2 N–H and O–H groups in total. The van der Waals surface area contributed by atoms with Gasteiger partial charge in [0, 0.05) is 18.4 Å². The van der Waals surface area contributed by atoms with E-state index in [4.69, 9.17) is 23.7 Å². The lowest BCUT2D eigenvalue weighted by molar-refractivity contribution is -0.112. The number of phenols is 1. The minimum atomic E-state index is -0.832. The molecule has 3 aromatic rings. The summed E-state index contributed by atoms with van der Waals surface area (Å²) in [7, 11) is 3.16. The van der Waals surface area contributed by atoms with Crippen LogP contribution in [0.4, 0.5) is 4.79 Å². The molecule has 4 atom stereocenters. The van der Waals surface area contributed by atoms with Crippen LogP contribution in [-0.4, -0.2) is 85.6 Å². The van der Waals surface area contributed by atoms with Gasteiger partial charge in [-0.1, -0.05) is 36.4 Å². The number of hydrogen-bond donors (Lipinski definition) is 2. The van der Waals surface area contributed by atoms with Crippen LogP contribution < -0.4 is 4.74 Å². The third-order valence-corrected chi connectivity index (χ3v) is 6.96. The molecule has 0 aliphatic carbocycles. The lowest BCUT2D eigenvalue weighted by Gasteiger charge is -2.44. The first-order chi connectivity index (χ1) is 19.6. The Kier molecular flexibility index (Phi) is 10.1. The first kappa shape index (κ1) is 30.6. The van der Waals surface area contributed by atoms with Crippen molar-refractivity contribution in [3.05, 3.63) is 71.8 Å². The molecule has 0 spiro atoms. The monoisotopic (exact) mass is 567 g/mol. The Bertz CT molecular complexity index is 1290. The van der Waals surface area contributed by atoms with Crippen molar-refractivity contribution in [3.8, 4) is 11.5 Å². The fourth-order valence-corrected chi connectivity index (χ4v) is 5.16. The Hall–Kier alpha value is -3.37. The van der Waals surface area contributed by atoms with Crippen molar-refractivity contribution < 1.29 is 38.7 Å². The Labute approximate surface area is 241 Å². The molecule has 1 fully saturated rings. The minimum absolute atomic E-state index is 0.0177. The summed E-state index contributed by atoms with van der Waals surface area (Å²) < 4.78 is 29.2. The summed E-state index contributed by atoms with van der Waals surface area (Å²) in [6.07, 6.45) is -2.30. The highest BCUT2D eigenvalue weighted by Crippen LogP contribution is 2.35. The maximum Gasteiger partial charge on any atom is 0.410 e. The summed E-state index contributed by atoms with van der Waals surface area (Å²) in [6, 6.07) is 18.9. The molecule has 1 amide bonds. The van der Waals surface area contributed by atoms with Crippen molar-refractivity contribution in [2.45, 2.75) is 57.2 Å². The van der Waals surface area contributed by atoms with E-state index in [-0.39, 0.29) is 44.6 Å². The number of rotatable bonds is 10. The minimum Gasteiger partial charge on any atom is -0.508 e. The van der Waals surface area contributed by atoms with Crippen molar-refractivity contribution in [1.82, 2.24) is 4.90 Å². The average molecular weight is 568 g/mol. The van der Waals surface area contributed by atoms with Crippen LogP contribution in [0, 0.1) is 0 Å². The number of ether oxygens (including phenoxy) is 5. The fraction of sp³-hybridized carbons (Fsp3) is 0.469. The number of piperidine rings is 1. The van der Waals surface area contributed by atoms with Gasteiger partial charge in [0.2, 0.25) is 0 Å². The number of phenolic OH excluding ortho intramolecular Hbond substituents is 1. The van der Waals surface area contributed by atoms with E-state index in [0.29, 0.717) is 0 Å². The van der Waals surface area contributed by atoms with Gasteiger partial charge in [-0.3, -0.25) is 0 Å². The van der Waals surface area contributed by atoms with Gasteiger partial charge < -0.3 is 38.8 Å². The van der Waals surface area contributed by atoms with Crippen molar-refractivity contribution in [2.24, 2.45) is 0 Å². The highest BCUT2D eigenvalue weighted by molar-refractivity contribution is 5.89. The summed E-state index contributed by atoms with van der Waals surface area (Å²) in [5, 5.41) is 22.3. The van der Waals surface area contributed by atoms with Gasteiger partial charge in [-0.2, -0.15) is 0 Å². The van der Waals surface area contributed by atoms with Gasteiger partial charge in [0.1, 0.15) is 23.2 Å². The van der Waals surface area contributed by atoms with E-state index in [1.807, 2.05) is 63.2 Å². The topological polar surface area (TPSA) is 107 Å². The van der Waals surface area contributed by atoms with Crippen LogP contribution in [0.15, 0.2) is 60.7 Å². The largest absolute Gasteiger partial charge is 0.508 e. The third-order valence-electron chi connectivity index (χ3n) is 6.96. The Morgan fingerprint density at radius 1 is 0.976 bits per heavy atom. The molecule has 1 aliphatic heterocycles. The number of aliphatic hydroxyl groups excluding tert-OH is 1. The van der Waals surface area contributed by atoms with Gasteiger partial charge in [0.05, 0.1) is 52.2 Å². The number of carbonyl (C=O) groups is 1. The van der Waals surface area contributed by atoms with E-state index in [0.717, 1.165) is 27.6 Å². The molecule has 0 unspecified atom stereocenters. The molecule has 0 radical (unpaired) electrons. The maximum atomic E-state index is 13.2. The zero-order valence-electron chi connectivity index (χ0n) is 24.4. The van der Waals surface area contributed by atoms with Gasteiger partial charge in [-0.05, 0) is 61.5 Å². The van der Waals surface area contributed by atoms with E-state index < -0.39 is 30.0 Å². The zero-order valence-corrected chi connectivity index (χ0v) is 24.4. The second kappa shape index (κ2) is 13.5. The molecule has 0 aromatic heterocycles. The summed E-state index contributed by atoms with van der Waals surface area (Å²) in [6.45, 7) is 6.38. The Morgan fingerprint density at radius 3 is 2.32 bits per heavy atom. The van der Waals surface area contributed by atoms with Gasteiger partial charge in [-0.25, -0.2) is 4.79 Å². The molecule has 4 rings (SSSR count). The summed E-state index contributed by atoms with van der Waals surface area (Å²) in [4.78, 5) is 14.8. The number of aliphatic hydroxyl groups is 1. The molecule has 1 saturated heterocycles. The lowest BCUT2D eigenvalue weighted by atomic mass is 9.84. The van der Waals surface area contributed by atoms with Crippen LogP contribution >= 0.6 is 0 Å². The maximum absolute atomic E-state index is 13.2. The van der Waals surface area contributed by atoms with Crippen molar-refractivity contribution in [1.29, 1.82) is 0 Å². The smallest absolute Gasteiger partial charge is 0.410 e. The average Bonchev–Trinajstić information content (AvgIpc) is 2.94. The highest BCUT2D eigenvalue weighted by atomic mass is 16.6. The number of fused-ring (bicyclic) bond motifs is 1. The number of amides is 1. The van der Waals surface area contributed by atoms with Crippen LogP contribution in [0.5, 0.6) is 11.5 Å². The number of methoxy groups -OCH3 is 2. The van der Waals surface area contributed by atoms with E-state index in [2.05, 4.69) is 6.07 Å². The van der Waals surface area contributed by atoms with Crippen LogP contribution in [0.2, 0.25) is 0 Å². The van der Waals surface area contributed by atoms with E-state index in [9.17, 15) is 15.0 Å². The predicted molar refractivity (Wildman–Crippen MR) is 155 cm³/mol. The summed E-state index contributed by atoms with van der Waals surface area (Å²) in [5.74, 6) is 0.601. The predicted octanol–water partition coefficient (Wildman–Crippen LogP) is 4.87. The van der Waals surface area contributed by atoms with E-state index in [1.165, 1.54) is 7.11 Å². The number of carbonyl (C=O) groups excluding carboxylic acids is 1. The summed E-state index contributed by atoms with van der Waals surface area (Å²) >= 11 is 0. The van der Waals surface area contributed by atoms with Gasteiger partial charge in [-0.15, -0.1) is 0 Å². The van der Waals surface area contributed by atoms with Gasteiger partial charge in [0.15, 0.2) is 0 Å². The van der Waals surface area contributed by atoms with Crippen LogP contribution in [0.1, 0.15) is 37.8 Å². The first-order valence-corrected chi connectivity index (χ1v) is 13.8. The SMILES string of the molecule is COC[C@@H](O)CO[C@@H]1CN(C(=O)OC(C)(C)C)C[C@H](OCc2cc(OC)c3ccccc3c2)[C@H]1c1ccc(O)cc1. The second-order valence-electron chi connectivity index (χ2n) is 11.4. The van der Waals surface area contributed by atoms with E-state index >= 15 is 0 Å². The number of nitrogens with zero attached hydrogens (tertiary/aromatic N) is 1. The molecular weight excluding hydrogens is 526 g/mol. The molecule has 1 heterocycles.